The lowest BCUT2D eigenvalue weighted by Crippen LogP contribution is -2.46. The van der Waals surface area contributed by atoms with Crippen LogP contribution in [0.2, 0.25) is 0 Å². The minimum absolute atomic E-state index is 0.0765. The molecular weight excluding hydrogens is 522 g/mol. The number of hydrogen-bond acceptors (Lipinski definition) is 4. The van der Waals surface area contributed by atoms with E-state index in [-0.39, 0.29) is 24.4 Å². The zero-order chi connectivity index (χ0) is 22.6. The summed E-state index contributed by atoms with van der Waals surface area (Å²) in [5, 5.41) is 11.6. The van der Waals surface area contributed by atoms with E-state index in [1.165, 1.54) is 12.1 Å². The molecule has 1 fully saturated rings. The van der Waals surface area contributed by atoms with E-state index >= 15 is 0 Å². The number of aliphatic hydroxyl groups is 1. The van der Waals surface area contributed by atoms with Gasteiger partial charge < -0.3 is 10.4 Å². The molecule has 0 aliphatic carbocycles. The van der Waals surface area contributed by atoms with Gasteiger partial charge in [0.15, 0.2) is 0 Å². The quantitative estimate of drug-likeness (QED) is 0.538. The van der Waals surface area contributed by atoms with Crippen LogP contribution in [-0.2, 0) is 12.7 Å². The first-order valence-corrected chi connectivity index (χ1v) is 11.1. The van der Waals surface area contributed by atoms with Gasteiger partial charge >= 0.3 is 6.18 Å². The first kappa shape index (κ1) is 24.0. The minimum Gasteiger partial charge on any atom is -0.395 e. The number of nitrogens with one attached hydrogen (secondary N) is 1. The number of hydrogen-bond donors (Lipinski definition) is 2. The number of piperazine rings is 1. The highest BCUT2D eigenvalue weighted by molar-refractivity contribution is 14.1. The molecule has 0 radical (unpaired) electrons. The van der Waals surface area contributed by atoms with Crippen LogP contribution in [0.4, 0.5) is 18.9 Å². The first-order chi connectivity index (χ1) is 14.7. The van der Waals surface area contributed by atoms with Crippen molar-refractivity contribution in [3.05, 3.63) is 62.2 Å². The van der Waals surface area contributed by atoms with E-state index in [1.807, 2.05) is 11.8 Å². The van der Waals surface area contributed by atoms with Crippen LogP contribution in [0, 0.1) is 10.5 Å². The predicted molar refractivity (Wildman–Crippen MR) is 122 cm³/mol. The Hall–Kier alpha value is -1.69. The van der Waals surface area contributed by atoms with E-state index in [4.69, 9.17) is 5.11 Å². The van der Waals surface area contributed by atoms with E-state index in [0.717, 1.165) is 15.2 Å². The topological polar surface area (TPSA) is 55.8 Å². The van der Waals surface area contributed by atoms with E-state index < -0.39 is 17.6 Å². The second kappa shape index (κ2) is 10.3. The van der Waals surface area contributed by atoms with Crippen molar-refractivity contribution in [2.75, 3.05) is 44.6 Å². The molecule has 9 heteroatoms. The Bertz CT molecular complexity index is 929. The predicted octanol–water partition coefficient (Wildman–Crippen LogP) is 3.98. The fourth-order valence-electron chi connectivity index (χ4n) is 3.55. The second-order valence-electron chi connectivity index (χ2n) is 7.63. The second-order valence-corrected chi connectivity index (χ2v) is 8.79. The third kappa shape index (κ3) is 6.41. The molecule has 0 atom stereocenters. The molecule has 1 amide bonds. The molecule has 31 heavy (non-hydrogen) atoms. The summed E-state index contributed by atoms with van der Waals surface area (Å²) in [4.78, 5) is 16.6. The van der Waals surface area contributed by atoms with Crippen LogP contribution in [0.1, 0.15) is 27.0 Å². The summed E-state index contributed by atoms with van der Waals surface area (Å²) in [5.74, 6) is -0.446. The Labute approximate surface area is 193 Å². The van der Waals surface area contributed by atoms with E-state index in [1.54, 1.807) is 18.2 Å². The molecule has 0 bridgehead atoms. The summed E-state index contributed by atoms with van der Waals surface area (Å²) in [5.41, 5.74) is 0.989. The molecule has 2 N–H and O–H groups in total. The monoisotopic (exact) mass is 547 g/mol. The van der Waals surface area contributed by atoms with Crippen LogP contribution in [-0.4, -0.2) is 60.1 Å². The van der Waals surface area contributed by atoms with E-state index in [9.17, 15) is 18.0 Å². The summed E-state index contributed by atoms with van der Waals surface area (Å²) in [7, 11) is 0. The molecule has 0 aromatic heterocycles. The number of rotatable bonds is 6. The van der Waals surface area contributed by atoms with Gasteiger partial charge in [-0.25, -0.2) is 0 Å². The number of β-amino-alcohol motifs (C(OH)–C–C–N with tert-alkyl or cyclic N) is 1. The van der Waals surface area contributed by atoms with Crippen LogP contribution in [0.5, 0.6) is 0 Å². The maximum Gasteiger partial charge on any atom is 0.416 e. The van der Waals surface area contributed by atoms with Crippen molar-refractivity contribution in [3.8, 4) is 0 Å². The lowest BCUT2D eigenvalue weighted by molar-refractivity contribution is -0.138. The van der Waals surface area contributed by atoms with Gasteiger partial charge in [-0.3, -0.25) is 14.6 Å². The van der Waals surface area contributed by atoms with Gasteiger partial charge in [0.2, 0.25) is 0 Å². The normalized spacial score (nSPS) is 15.8. The maximum absolute atomic E-state index is 13.7. The molecule has 2 aromatic carbocycles. The Kier molecular flexibility index (Phi) is 7.95. The lowest BCUT2D eigenvalue weighted by atomic mass is 10.0. The van der Waals surface area contributed by atoms with Crippen LogP contribution in [0.15, 0.2) is 36.4 Å². The summed E-state index contributed by atoms with van der Waals surface area (Å²) in [6.45, 7) is 5.47. The lowest BCUT2D eigenvalue weighted by Gasteiger charge is -2.34. The maximum atomic E-state index is 13.7. The SMILES string of the molecule is Cc1ccc(C(=O)Nc2ccc(CN3CCN(CCO)CC3)c(C(F)(F)F)c2)cc1I. The van der Waals surface area contributed by atoms with Crippen LogP contribution in [0.25, 0.3) is 0 Å². The van der Waals surface area contributed by atoms with Gasteiger partial charge in [0, 0.05) is 54.1 Å². The molecule has 1 aliphatic heterocycles. The Morgan fingerprint density at radius 1 is 1.10 bits per heavy atom. The number of amides is 1. The third-order valence-corrected chi connectivity index (χ3v) is 6.54. The standard InChI is InChI=1S/C22H25F3IN3O2/c1-15-2-3-16(12-20(15)26)21(31)27-18-5-4-17(19(13-18)22(23,24)25)14-29-8-6-28(7-9-29)10-11-30/h2-5,12-13,30H,6-11,14H2,1H3,(H,27,31). The van der Waals surface area contributed by atoms with Gasteiger partial charge in [-0.15, -0.1) is 0 Å². The van der Waals surface area contributed by atoms with Crippen molar-refractivity contribution in [2.45, 2.75) is 19.6 Å². The highest BCUT2D eigenvalue weighted by atomic mass is 127. The summed E-state index contributed by atoms with van der Waals surface area (Å²) < 4.78 is 42.1. The Morgan fingerprint density at radius 3 is 2.39 bits per heavy atom. The summed E-state index contributed by atoms with van der Waals surface area (Å²) in [6.07, 6.45) is -4.52. The molecule has 1 saturated heterocycles. The molecule has 2 aromatic rings. The number of anilines is 1. The smallest absolute Gasteiger partial charge is 0.395 e. The van der Waals surface area contributed by atoms with Gasteiger partial charge in [0.1, 0.15) is 0 Å². The van der Waals surface area contributed by atoms with Crippen LogP contribution in [0.3, 0.4) is 0 Å². The van der Waals surface area contributed by atoms with Crippen molar-refractivity contribution < 1.29 is 23.1 Å². The van der Waals surface area contributed by atoms with Crippen molar-refractivity contribution in [1.29, 1.82) is 0 Å². The van der Waals surface area contributed by atoms with Crippen LogP contribution < -0.4 is 5.32 Å². The number of aryl methyl sites for hydroxylation is 1. The Morgan fingerprint density at radius 2 is 1.77 bits per heavy atom. The fourth-order valence-corrected chi connectivity index (χ4v) is 4.06. The number of aliphatic hydroxyl groups excluding tert-OH is 1. The van der Waals surface area contributed by atoms with Crippen LogP contribution >= 0.6 is 22.6 Å². The summed E-state index contributed by atoms with van der Waals surface area (Å²) >= 11 is 2.12. The van der Waals surface area contributed by atoms with E-state index in [0.29, 0.717) is 38.3 Å². The molecule has 0 unspecified atom stereocenters. The first-order valence-electron chi connectivity index (χ1n) is 10.0. The van der Waals surface area contributed by atoms with Gasteiger partial charge in [0.05, 0.1) is 12.2 Å². The summed E-state index contributed by atoms with van der Waals surface area (Å²) in [6, 6.07) is 9.14. The zero-order valence-corrected chi connectivity index (χ0v) is 19.3. The fraction of sp³-hybridized carbons (Fsp3) is 0.409. The average Bonchev–Trinajstić information content (AvgIpc) is 2.72. The highest BCUT2D eigenvalue weighted by Crippen LogP contribution is 2.34. The third-order valence-electron chi connectivity index (χ3n) is 5.38. The average molecular weight is 547 g/mol. The largest absolute Gasteiger partial charge is 0.416 e. The number of benzene rings is 2. The molecule has 1 aliphatic rings. The highest BCUT2D eigenvalue weighted by Gasteiger charge is 2.34. The van der Waals surface area contributed by atoms with Gasteiger partial charge in [-0.2, -0.15) is 13.2 Å². The molecule has 1 heterocycles. The molecular formula is C22H25F3IN3O2. The van der Waals surface area contributed by atoms with Gasteiger partial charge in [0.25, 0.3) is 5.91 Å². The van der Waals surface area contributed by atoms with Crippen molar-refractivity contribution in [3.63, 3.8) is 0 Å². The zero-order valence-electron chi connectivity index (χ0n) is 17.2. The molecule has 0 saturated carbocycles. The van der Waals surface area contributed by atoms with Crippen molar-refractivity contribution in [2.24, 2.45) is 0 Å². The number of alkyl halides is 3. The van der Waals surface area contributed by atoms with Crippen molar-refractivity contribution >= 4 is 34.2 Å². The number of carbonyl (C=O) groups excluding carboxylic acids is 1. The van der Waals surface area contributed by atoms with E-state index in [2.05, 4.69) is 32.8 Å². The van der Waals surface area contributed by atoms with Crippen molar-refractivity contribution in [1.82, 2.24) is 9.80 Å². The Balaban J connectivity index is 1.74. The molecule has 3 rings (SSSR count). The number of carbonyl (C=O) groups is 1. The molecule has 0 spiro atoms. The minimum atomic E-state index is -4.52. The number of halogens is 4. The molecule has 168 valence electrons. The van der Waals surface area contributed by atoms with Gasteiger partial charge in [-0.1, -0.05) is 12.1 Å². The molecule has 5 nitrogen and oxygen atoms in total. The van der Waals surface area contributed by atoms with Gasteiger partial charge in [-0.05, 0) is 64.9 Å². The number of nitrogens with zero attached hydrogens (tertiary/aromatic N) is 2.